The first-order valence-electron chi connectivity index (χ1n) is 8.37. The number of alkyl halides is 3. The van der Waals surface area contributed by atoms with Gasteiger partial charge in [0, 0.05) is 28.5 Å². The van der Waals surface area contributed by atoms with Gasteiger partial charge in [-0.25, -0.2) is 13.4 Å². The summed E-state index contributed by atoms with van der Waals surface area (Å²) in [6.45, 7) is 1.97. The number of hydrogen-bond donors (Lipinski definition) is 1. The van der Waals surface area contributed by atoms with Crippen LogP contribution in [-0.4, -0.2) is 17.8 Å². The number of nitrogens with zero attached hydrogens (tertiary/aromatic N) is 2. The highest BCUT2D eigenvalue weighted by atomic mass is 32.2. The van der Waals surface area contributed by atoms with Gasteiger partial charge in [-0.2, -0.15) is 13.2 Å². The van der Waals surface area contributed by atoms with Gasteiger partial charge in [0.25, 0.3) is 10.0 Å². The molecule has 10 heteroatoms. The third-order valence-electron chi connectivity index (χ3n) is 4.29. The number of fused-ring (bicyclic) bond motifs is 1. The molecule has 5 nitrogen and oxygen atoms in total. The molecule has 29 heavy (non-hydrogen) atoms. The van der Waals surface area contributed by atoms with Gasteiger partial charge in [-0.1, -0.05) is 18.2 Å². The second-order valence-electron chi connectivity index (χ2n) is 6.36. The Morgan fingerprint density at radius 1 is 1.10 bits per heavy atom. The molecule has 0 radical (unpaired) electrons. The fourth-order valence-electron chi connectivity index (χ4n) is 2.80. The quantitative estimate of drug-likeness (QED) is 0.478. The lowest BCUT2D eigenvalue weighted by atomic mass is 10.1. The lowest BCUT2D eigenvalue weighted by Gasteiger charge is -2.11. The Bertz CT molecular complexity index is 1290. The van der Waals surface area contributed by atoms with Crippen LogP contribution in [0.25, 0.3) is 16.2 Å². The molecule has 0 saturated heterocycles. The highest BCUT2D eigenvalue weighted by Gasteiger charge is 2.31. The molecule has 0 aliphatic carbocycles. The summed E-state index contributed by atoms with van der Waals surface area (Å²) in [5.74, 6) is 0. The average Bonchev–Trinajstić information content (AvgIpc) is 3.24. The topological polar surface area (TPSA) is 63.5 Å². The number of halogens is 3. The van der Waals surface area contributed by atoms with Crippen molar-refractivity contribution in [1.82, 2.24) is 9.38 Å². The summed E-state index contributed by atoms with van der Waals surface area (Å²) in [6, 6.07) is 10.1. The first-order valence-corrected chi connectivity index (χ1v) is 10.7. The predicted molar refractivity (Wildman–Crippen MR) is 105 cm³/mol. The Kier molecular flexibility index (Phi) is 4.62. The molecule has 0 unspecified atom stereocenters. The highest BCUT2D eigenvalue weighted by Crippen LogP contribution is 2.31. The van der Waals surface area contributed by atoms with Crippen LogP contribution in [0.5, 0.6) is 0 Å². The number of thiazole rings is 1. The summed E-state index contributed by atoms with van der Waals surface area (Å²) in [5.41, 5.74) is 1.82. The molecule has 2 aromatic carbocycles. The predicted octanol–water partition coefficient (Wildman–Crippen LogP) is 5.19. The molecular formula is C19H14F3N3O2S2. The van der Waals surface area contributed by atoms with Gasteiger partial charge >= 0.3 is 6.18 Å². The van der Waals surface area contributed by atoms with Crippen LogP contribution in [0, 0.1) is 6.92 Å². The molecule has 4 aromatic rings. The number of benzene rings is 2. The van der Waals surface area contributed by atoms with Crippen LogP contribution in [0.1, 0.15) is 11.3 Å². The van der Waals surface area contributed by atoms with E-state index >= 15 is 0 Å². The second kappa shape index (κ2) is 6.89. The van der Waals surface area contributed by atoms with Gasteiger partial charge in [0.05, 0.1) is 16.2 Å². The molecular weight excluding hydrogens is 423 g/mol. The number of aryl methyl sites for hydroxylation is 1. The van der Waals surface area contributed by atoms with Crippen molar-refractivity contribution >= 4 is 32.0 Å². The van der Waals surface area contributed by atoms with Gasteiger partial charge in [-0.3, -0.25) is 9.12 Å². The number of anilines is 1. The summed E-state index contributed by atoms with van der Waals surface area (Å²) in [5, 5.41) is 2.00. The summed E-state index contributed by atoms with van der Waals surface area (Å²) in [7, 11) is -4.16. The highest BCUT2D eigenvalue weighted by molar-refractivity contribution is 7.92. The Labute approximate surface area is 168 Å². The fourth-order valence-corrected chi connectivity index (χ4v) is 4.75. The van der Waals surface area contributed by atoms with Crippen LogP contribution in [0.2, 0.25) is 0 Å². The maximum absolute atomic E-state index is 12.8. The van der Waals surface area contributed by atoms with Gasteiger partial charge in [-0.15, -0.1) is 11.3 Å². The van der Waals surface area contributed by atoms with E-state index in [1.165, 1.54) is 11.3 Å². The van der Waals surface area contributed by atoms with E-state index in [9.17, 15) is 21.6 Å². The van der Waals surface area contributed by atoms with E-state index in [1.807, 2.05) is 22.9 Å². The van der Waals surface area contributed by atoms with Crippen molar-refractivity contribution in [3.05, 3.63) is 71.4 Å². The smallest absolute Gasteiger partial charge is 0.294 e. The number of imidazole rings is 1. The lowest BCUT2D eigenvalue weighted by Crippen LogP contribution is -2.14. The van der Waals surface area contributed by atoms with Crippen molar-refractivity contribution in [3.8, 4) is 11.3 Å². The number of sulfonamides is 1. The lowest BCUT2D eigenvalue weighted by molar-refractivity contribution is -0.137. The second-order valence-corrected chi connectivity index (χ2v) is 8.88. The molecule has 0 fully saturated rings. The van der Waals surface area contributed by atoms with Crippen molar-refractivity contribution in [3.63, 3.8) is 0 Å². The van der Waals surface area contributed by atoms with Gasteiger partial charge in [0.2, 0.25) is 0 Å². The zero-order valence-electron chi connectivity index (χ0n) is 14.9. The van der Waals surface area contributed by atoms with E-state index in [0.29, 0.717) is 6.07 Å². The van der Waals surface area contributed by atoms with Crippen LogP contribution in [0.15, 0.2) is 65.0 Å². The number of aromatic nitrogens is 2. The maximum atomic E-state index is 12.8. The molecule has 2 aromatic heterocycles. The molecule has 0 atom stereocenters. The zero-order chi connectivity index (χ0) is 20.8. The van der Waals surface area contributed by atoms with Crippen LogP contribution in [-0.2, 0) is 16.2 Å². The minimum Gasteiger partial charge on any atom is -0.294 e. The van der Waals surface area contributed by atoms with E-state index < -0.39 is 26.7 Å². The van der Waals surface area contributed by atoms with Gasteiger partial charge in [0.1, 0.15) is 0 Å². The first kappa shape index (κ1) is 19.5. The van der Waals surface area contributed by atoms with Gasteiger partial charge in [-0.05, 0) is 37.3 Å². The maximum Gasteiger partial charge on any atom is 0.416 e. The molecule has 0 amide bonds. The van der Waals surface area contributed by atoms with Crippen LogP contribution < -0.4 is 4.72 Å². The van der Waals surface area contributed by atoms with Crippen molar-refractivity contribution in [2.75, 3.05) is 4.72 Å². The third kappa shape index (κ3) is 3.85. The molecule has 0 aliphatic rings. The molecule has 2 heterocycles. The Balaban J connectivity index is 1.58. The van der Waals surface area contributed by atoms with E-state index in [2.05, 4.69) is 9.71 Å². The van der Waals surface area contributed by atoms with Gasteiger partial charge in [0.15, 0.2) is 4.96 Å². The molecule has 0 spiro atoms. The monoisotopic (exact) mass is 437 g/mol. The molecule has 0 aliphatic heterocycles. The first-order chi connectivity index (χ1) is 13.6. The number of hydrogen-bond acceptors (Lipinski definition) is 4. The fraction of sp³-hybridized carbons (Fsp3) is 0.105. The van der Waals surface area contributed by atoms with E-state index in [0.717, 1.165) is 40.1 Å². The van der Waals surface area contributed by atoms with Gasteiger partial charge < -0.3 is 0 Å². The van der Waals surface area contributed by atoms with Crippen molar-refractivity contribution in [1.29, 1.82) is 0 Å². The van der Waals surface area contributed by atoms with E-state index in [4.69, 9.17) is 0 Å². The minimum absolute atomic E-state index is 0.239. The number of rotatable bonds is 4. The third-order valence-corrected chi connectivity index (χ3v) is 6.63. The molecule has 150 valence electrons. The van der Waals surface area contributed by atoms with Crippen LogP contribution in [0.3, 0.4) is 0 Å². The molecule has 0 bridgehead atoms. The van der Waals surface area contributed by atoms with Crippen molar-refractivity contribution in [2.45, 2.75) is 18.0 Å². The zero-order valence-corrected chi connectivity index (χ0v) is 16.6. The summed E-state index contributed by atoms with van der Waals surface area (Å²) in [6.07, 6.45) is -2.73. The normalized spacial score (nSPS) is 12.4. The molecule has 4 rings (SSSR count). The largest absolute Gasteiger partial charge is 0.416 e. The van der Waals surface area contributed by atoms with Crippen molar-refractivity contribution < 1.29 is 21.6 Å². The summed E-state index contributed by atoms with van der Waals surface area (Å²) >= 11 is 1.52. The molecule has 0 saturated carbocycles. The van der Waals surface area contributed by atoms with E-state index in [1.54, 1.807) is 24.3 Å². The molecule has 1 N–H and O–H groups in total. The summed E-state index contributed by atoms with van der Waals surface area (Å²) < 4.78 is 67.7. The van der Waals surface area contributed by atoms with Crippen molar-refractivity contribution in [2.24, 2.45) is 0 Å². The Hall–Kier alpha value is -2.85. The Morgan fingerprint density at radius 3 is 2.48 bits per heavy atom. The Morgan fingerprint density at radius 2 is 1.83 bits per heavy atom. The van der Waals surface area contributed by atoms with Crippen LogP contribution >= 0.6 is 11.3 Å². The number of nitrogens with one attached hydrogen (secondary N) is 1. The average molecular weight is 437 g/mol. The summed E-state index contributed by atoms with van der Waals surface area (Å²) in [4.78, 5) is 4.92. The van der Waals surface area contributed by atoms with Crippen LogP contribution in [0.4, 0.5) is 18.9 Å². The SMILES string of the molecule is Cc1csc2nc(-c3ccc(NS(=O)(=O)c4cccc(C(F)(F)F)c4)cc3)cn12. The minimum atomic E-state index is -4.62. The van der Waals surface area contributed by atoms with E-state index in [-0.39, 0.29) is 5.69 Å². The standard InChI is InChI=1S/C19H14F3N3O2S2/c1-12-11-28-18-23-17(10-25(12)18)13-5-7-15(8-6-13)24-29(26,27)16-4-2-3-14(9-16)19(20,21)22/h2-11,24H,1H3.